The van der Waals surface area contributed by atoms with Crippen molar-refractivity contribution in [2.75, 3.05) is 0 Å². The fraction of sp³-hybridized carbons (Fsp3) is 0.250. The zero-order valence-corrected chi connectivity index (χ0v) is 13.0. The first-order valence-corrected chi connectivity index (χ1v) is 8.16. The molecular weight excluding hydrogens is 286 g/mol. The van der Waals surface area contributed by atoms with Crippen LogP contribution in [0.4, 0.5) is 0 Å². The van der Waals surface area contributed by atoms with Gasteiger partial charge < -0.3 is 9.72 Å². The van der Waals surface area contributed by atoms with Crippen molar-refractivity contribution in [2.24, 2.45) is 0 Å². The van der Waals surface area contributed by atoms with Gasteiger partial charge in [-0.25, -0.2) is 4.79 Å². The predicted octanol–water partition coefficient (Wildman–Crippen LogP) is 4.40. The summed E-state index contributed by atoms with van der Waals surface area (Å²) < 4.78 is 5.53. The summed E-state index contributed by atoms with van der Waals surface area (Å²) in [6.07, 6.45) is 4.52. The first kappa shape index (κ1) is 14.1. The normalized spacial score (nSPS) is 13.7. The maximum absolute atomic E-state index is 12.6. The van der Waals surface area contributed by atoms with E-state index in [0.717, 1.165) is 29.3 Å². The van der Waals surface area contributed by atoms with E-state index in [9.17, 15) is 4.79 Å². The number of aromatic amines is 1. The van der Waals surface area contributed by atoms with Crippen molar-refractivity contribution < 1.29 is 9.53 Å². The summed E-state index contributed by atoms with van der Waals surface area (Å²) in [7, 11) is 0. The number of benzene rings is 2. The minimum absolute atomic E-state index is 0.244. The van der Waals surface area contributed by atoms with E-state index in [1.54, 1.807) is 0 Å². The summed E-state index contributed by atoms with van der Waals surface area (Å²) in [5, 5.41) is 1.06. The molecule has 0 atom stereocenters. The Hall–Kier alpha value is -2.55. The van der Waals surface area contributed by atoms with Crippen LogP contribution in [0.25, 0.3) is 10.9 Å². The van der Waals surface area contributed by atoms with E-state index in [2.05, 4.69) is 4.98 Å². The predicted molar refractivity (Wildman–Crippen MR) is 90.5 cm³/mol. The number of aryl methyl sites for hydroxylation is 2. The average Bonchev–Trinajstić information content (AvgIpc) is 2.99. The maximum atomic E-state index is 12.6. The molecule has 0 saturated heterocycles. The molecule has 0 aliphatic heterocycles. The molecule has 0 radical (unpaired) electrons. The number of rotatable bonds is 3. The van der Waals surface area contributed by atoms with E-state index in [4.69, 9.17) is 4.74 Å². The van der Waals surface area contributed by atoms with E-state index in [1.807, 2.05) is 48.5 Å². The SMILES string of the molecule is O=C(OCc1ccccc1)c1cccc2[nH]c3c(c12)CCCC3. The average molecular weight is 305 g/mol. The topological polar surface area (TPSA) is 42.1 Å². The quantitative estimate of drug-likeness (QED) is 0.729. The van der Waals surface area contributed by atoms with Crippen molar-refractivity contribution in [1.29, 1.82) is 0 Å². The molecule has 0 saturated carbocycles. The number of carbonyl (C=O) groups is 1. The molecule has 2 aromatic carbocycles. The molecule has 1 aliphatic carbocycles. The Labute approximate surface area is 135 Å². The third kappa shape index (κ3) is 2.63. The van der Waals surface area contributed by atoms with Gasteiger partial charge >= 0.3 is 5.97 Å². The summed E-state index contributed by atoms with van der Waals surface area (Å²) in [5.74, 6) is -0.244. The van der Waals surface area contributed by atoms with Crippen LogP contribution in [-0.4, -0.2) is 11.0 Å². The monoisotopic (exact) mass is 305 g/mol. The summed E-state index contributed by atoms with van der Waals surface area (Å²) in [4.78, 5) is 16.1. The Morgan fingerprint density at radius 1 is 1.00 bits per heavy atom. The molecule has 1 N–H and O–H groups in total. The van der Waals surface area contributed by atoms with Crippen LogP contribution in [0, 0.1) is 0 Å². The largest absolute Gasteiger partial charge is 0.457 e. The first-order chi connectivity index (χ1) is 11.3. The molecule has 0 unspecified atom stereocenters. The van der Waals surface area contributed by atoms with Crippen molar-refractivity contribution in [1.82, 2.24) is 4.98 Å². The zero-order valence-electron chi connectivity index (χ0n) is 13.0. The summed E-state index contributed by atoms with van der Waals surface area (Å²) in [5.41, 5.74) is 5.32. The molecule has 4 rings (SSSR count). The highest BCUT2D eigenvalue weighted by Crippen LogP contribution is 2.31. The zero-order chi connectivity index (χ0) is 15.6. The molecule has 1 aliphatic rings. The van der Waals surface area contributed by atoms with Gasteiger partial charge in [-0.3, -0.25) is 0 Å². The molecule has 3 nitrogen and oxygen atoms in total. The Balaban J connectivity index is 1.65. The van der Waals surface area contributed by atoms with Gasteiger partial charge in [0.05, 0.1) is 5.56 Å². The van der Waals surface area contributed by atoms with E-state index < -0.39 is 0 Å². The highest BCUT2D eigenvalue weighted by molar-refractivity contribution is 6.05. The van der Waals surface area contributed by atoms with Crippen molar-refractivity contribution in [3.63, 3.8) is 0 Å². The minimum Gasteiger partial charge on any atom is -0.457 e. The van der Waals surface area contributed by atoms with E-state index in [1.165, 1.54) is 24.1 Å². The Morgan fingerprint density at radius 2 is 1.83 bits per heavy atom. The Bertz CT molecular complexity index is 849. The van der Waals surface area contributed by atoms with Gasteiger partial charge in [0.25, 0.3) is 0 Å². The molecule has 0 bridgehead atoms. The van der Waals surface area contributed by atoms with Crippen LogP contribution in [0.5, 0.6) is 0 Å². The van der Waals surface area contributed by atoms with Crippen LogP contribution in [0.15, 0.2) is 48.5 Å². The number of ether oxygens (including phenoxy) is 1. The lowest BCUT2D eigenvalue weighted by Gasteiger charge is -2.12. The molecule has 1 heterocycles. The van der Waals surface area contributed by atoms with E-state index in [0.29, 0.717) is 12.2 Å². The molecule has 1 aromatic heterocycles. The van der Waals surface area contributed by atoms with Crippen molar-refractivity contribution in [3.05, 3.63) is 70.9 Å². The molecule has 116 valence electrons. The standard InChI is InChI=1S/C20H19NO2/c22-20(23-13-14-7-2-1-3-8-14)16-10-6-12-18-19(16)15-9-4-5-11-17(15)21-18/h1-3,6-8,10,12,21H,4-5,9,11,13H2. The van der Waals surface area contributed by atoms with Gasteiger partial charge in [0.1, 0.15) is 6.61 Å². The van der Waals surface area contributed by atoms with Gasteiger partial charge in [-0.05, 0) is 48.9 Å². The molecular formula is C20H19NO2. The van der Waals surface area contributed by atoms with E-state index >= 15 is 0 Å². The number of carbonyl (C=O) groups excluding carboxylic acids is 1. The summed E-state index contributed by atoms with van der Waals surface area (Å²) >= 11 is 0. The van der Waals surface area contributed by atoms with Gasteiger partial charge in [-0.2, -0.15) is 0 Å². The number of aromatic nitrogens is 1. The van der Waals surface area contributed by atoms with Gasteiger partial charge in [0, 0.05) is 16.6 Å². The van der Waals surface area contributed by atoms with Crippen molar-refractivity contribution in [2.45, 2.75) is 32.3 Å². The second-order valence-electron chi connectivity index (χ2n) is 6.08. The molecule has 0 spiro atoms. The third-order valence-corrected chi connectivity index (χ3v) is 4.55. The summed E-state index contributed by atoms with van der Waals surface area (Å²) in [6.45, 7) is 0.308. The smallest absolute Gasteiger partial charge is 0.339 e. The van der Waals surface area contributed by atoms with Crippen molar-refractivity contribution in [3.8, 4) is 0 Å². The highest BCUT2D eigenvalue weighted by atomic mass is 16.5. The maximum Gasteiger partial charge on any atom is 0.339 e. The third-order valence-electron chi connectivity index (χ3n) is 4.55. The number of fused-ring (bicyclic) bond motifs is 3. The number of esters is 1. The van der Waals surface area contributed by atoms with E-state index in [-0.39, 0.29) is 5.97 Å². The lowest BCUT2D eigenvalue weighted by atomic mass is 9.94. The number of hydrogen-bond donors (Lipinski definition) is 1. The van der Waals surface area contributed by atoms with Crippen LogP contribution >= 0.6 is 0 Å². The fourth-order valence-corrected chi connectivity index (χ4v) is 3.43. The molecule has 0 amide bonds. The lowest BCUT2D eigenvalue weighted by Crippen LogP contribution is -2.07. The van der Waals surface area contributed by atoms with Gasteiger partial charge in [0.2, 0.25) is 0 Å². The number of nitrogens with one attached hydrogen (secondary N) is 1. The van der Waals surface area contributed by atoms with Gasteiger partial charge in [-0.1, -0.05) is 36.4 Å². The number of H-pyrrole nitrogens is 1. The summed E-state index contributed by atoms with van der Waals surface area (Å²) in [6, 6.07) is 15.6. The lowest BCUT2D eigenvalue weighted by molar-refractivity contribution is 0.0475. The highest BCUT2D eigenvalue weighted by Gasteiger charge is 2.21. The van der Waals surface area contributed by atoms with Crippen LogP contribution in [0.2, 0.25) is 0 Å². The molecule has 3 aromatic rings. The Morgan fingerprint density at radius 3 is 2.70 bits per heavy atom. The molecule has 3 heteroatoms. The van der Waals surface area contributed by atoms with Gasteiger partial charge in [0.15, 0.2) is 0 Å². The van der Waals surface area contributed by atoms with Crippen molar-refractivity contribution >= 4 is 16.9 Å². The second kappa shape index (κ2) is 5.92. The minimum atomic E-state index is -0.244. The molecule has 0 fully saturated rings. The molecule has 23 heavy (non-hydrogen) atoms. The fourth-order valence-electron chi connectivity index (χ4n) is 3.43. The second-order valence-corrected chi connectivity index (χ2v) is 6.08. The van der Waals surface area contributed by atoms with Gasteiger partial charge in [-0.15, -0.1) is 0 Å². The van der Waals surface area contributed by atoms with Crippen LogP contribution in [0.1, 0.15) is 40.0 Å². The van der Waals surface area contributed by atoms with Crippen LogP contribution in [-0.2, 0) is 24.2 Å². The first-order valence-electron chi connectivity index (χ1n) is 8.16. The van der Waals surface area contributed by atoms with Crippen LogP contribution in [0.3, 0.4) is 0 Å². The van der Waals surface area contributed by atoms with Crippen LogP contribution < -0.4 is 0 Å². The Kier molecular flexibility index (Phi) is 3.62. The number of hydrogen-bond acceptors (Lipinski definition) is 2.